The number of hydrogen-bond donors (Lipinski definition) is 1. The maximum atomic E-state index is 13.8. The zero-order chi connectivity index (χ0) is 23.2. The second kappa shape index (κ2) is 10.1. The third-order valence-corrected chi connectivity index (χ3v) is 5.38. The highest BCUT2D eigenvalue weighted by atomic mass is 16.5. The number of aromatic nitrogens is 2. The molecule has 33 heavy (non-hydrogen) atoms. The van der Waals surface area contributed by atoms with Crippen molar-refractivity contribution in [2.45, 2.75) is 0 Å². The lowest BCUT2D eigenvalue weighted by Gasteiger charge is -2.11. The molecule has 0 fully saturated rings. The Kier molecular flexibility index (Phi) is 6.86. The first-order chi connectivity index (χ1) is 16.1. The van der Waals surface area contributed by atoms with Crippen LogP contribution in [0.4, 0.5) is 0 Å². The van der Waals surface area contributed by atoms with E-state index in [2.05, 4.69) is 10.00 Å². The molecule has 1 heterocycles. The molecule has 1 N–H and O–H groups in total. The molecular formula is C27H28N4O2. The van der Waals surface area contributed by atoms with Crippen LogP contribution in [-0.4, -0.2) is 54.7 Å². The maximum Gasteiger partial charge on any atom is 0.281 e. The summed E-state index contributed by atoms with van der Waals surface area (Å²) in [7, 11) is 5.66. The first-order valence-corrected chi connectivity index (χ1v) is 10.9. The number of ether oxygens (including phenoxy) is 1. The Labute approximate surface area is 193 Å². The number of nitrogens with one attached hydrogen (secondary N) is 1. The van der Waals surface area contributed by atoms with Crippen LogP contribution in [-0.2, 0) is 0 Å². The summed E-state index contributed by atoms with van der Waals surface area (Å²) in [5.41, 5.74) is 4.37. The molecule has 168 valence electrons. The van der Waals surface area contributed by atoms with E-state index in [-0.39, 0.29) is 5.56 Å². The van der Waals surface area contributed by atoms with Gasteiger partial charge in [-0.05, 0) is 50.5 Å². The summed E-state index contributed by atoms with van der Waals surface area (Å²) >= 11 is 0. The summed E-state index contributed by atoms with van der Waals surface area (Å²) < 4.78 is 6.91. The molecule has 4 aromatic rings. The van der Waals surface area contributed by atoms with Gasteiger partial charge in [-0.25, -0.2) is 4.68 Å². The Hall–Kier alpha value is -3.90. The van der Waals surface area contributed by atoms with Crippen molar-refractivity contribution in [1.82, 2.24) is 14.7 Å². The van der Waals surface area contributed by atoms with Gasteiger partial charge in [0, 0.05) is 17.7 Å². The summed E-state index contributed by atoms with van der Waals surface area (Å²) in [4.78, 5) is 20.8. The molecule has 0 aliphatic carbocycles. The normalized spacial score (nSPS) is 11.7. The van der Waals surface area contributed by atoms with E-state index in [1.807, 2.05) is 99.0 Å². The fraction of sp³-hybridized carbons (Fsp3) is 0.185. The second-order valence-corrected chi connectivity index (χ2v) is 7.97. The number of rotatable bonds is 8. The van der Waals surface area contributed by atoms with Crippen LogP contribution in [0, 0.1) is 0 Å². The average molecular weight is 441 g/mol. The van der Waals surface area contributed by atoms with Crippen molar-refractivity contribution in [3.63, 3.8) is 0 Å². The van der Waals surface area contributed by atoms with Crippen molar-refractivity contribution in [2.24, 2.45) is 4.99 Å². The molecule has 0 amide bonds. The minimum absolute atomic E-state index is 0.139. The first kappa shape index (κ1) is 22.3. The summed E-state index contributed by atoms with van der Waals surface area (Å²) in [6.45, 7) is 1.34. The Morgan fingerprint density at radius 3 is 2.18 bits per heavy atom. The van der Waals surface area contributed by atoms with Crippen molar-refractivity contribution in [3.05, 3.63) is 106 Å². The molecule has 0 bridgehead atoms. The Balaban J connectivity index is 1.94. The number of aliphatic imine (C=N–C) groups is 1. The Morgan fingerprint density at radius 1 is 0.939 bits per heavy atom. The Morgan fingerprint density at radius 2 is 1.58 bits per heavy atom. The number of H-pyrrole nitrogens is 1. The van der Waals surface area contributed by atoms with E-state index in [0.717, 1.165) is 34.8 Å². The van der Waals surface area contributed by atoms with Crippen LogP contribution in [0.1, 0.15) is 11.1 Å². The standard InChI is InChI=1S/C27H28N4O2/c1-30(2)19-18-28-25(21-14-16-23(33-3)17-15-21)24-26(20-10-6-4-7-11-20)29-31(27(24)32)22-12-8-5-9-13-22/h4-17,29H,18-19H2,1-3H3. The molecule has 3 aromatic carbocycles. The molecule has 0 spiro atoms. The predicted octanol–water partition coefficient (Wildman–Crippen LogP) is 4.24. The number of nitrogens with zero attached hydrogens (tertiary/aromatic N) is 3. The van der Waals surface area contributed by atoms with Gasteiger partial charge in [-0.3, -0.25) is 14.9 Å². The minimum Gasteiger partial charge on any atom is -0.497 e. The summed E-state index contributed by atoms with van der Waals surface area (Å²) in [5.74, 6) is 0.755. The average Bonchev–Trinajstić information content (AvgIpc) is 3.19. The number of hydrogen-bond acceptors (Lipinski definition) is 4. The molecule has 0 saturated carbocycles. The number of methoxy groups -OCH3 is 1. The van der Waals surface area contributed by atoms with Gasteiger partial charge in [0.15, 0.2) is 0 Å². The van der Waals surface area contributed by atoms with E-state index < -0.39 is 0 Å². The maximum absolute atomic E-state index is 13.8. The van der Waals surface area contributed by atoms with Gasteiger partial charge in [-0.1, -0.05) is 48.5 Å². The number of aromatic amines is 1. The van der Waals surface area contributed by atoms with Crippen LogP contribution in [0.25, 0.3) is 16.9 Å². The van der Waals surface area contributed by atoms with Gasteiger partial charge in [0.25, 0.3) is 5.56 Å². The van der Waals surface area contributed by atoms with Crippen LogP contribution in [0.2, 0.25) is 0 Å². The van der Waals surface area contributed by atoms with Crippen molar-refractivity contribution in [1.29, 1.82) is 0 Å². The van der Waals surface area contributed by atoms with Crippen LogP contribution >= 0.6 is 0 Å². The number of para-hydroxylation sites is 1. The van der Waals surface area contributed by atoms with E-state index in [4.69, 9.17) is 9.73 Å². The minimum atomic E-state index is -0.139. The Bertz CT molecular complexity index is 1270. The van der Waals surface area contributed by atoms with Crippen LogP contribution in [0.3, 0.4) is 0 Å². The number of benzene rings is 3. The predicted molar refractivity (Wildman–Crippen MR) is 134 cm³/mol. The van der Waals surface area contributed by atoms with E-state index >= 15 is 0 Å². The van der Waals surface area contributed by atoms with Gasteiger partial charge in [0.1, 0.15) is 5.75 Å². The molecular weight excluding hydrogens is 412 g/mol. The molecule has 0 aliphatic rings. The lowest BCUT2D eigenvalue weighted by molar-refractivity contribution is 0.415. The van der Waals surface area contributed by atoms with Gasteiger partial charge >= 0.3 is 0 Å². The monoisotopic (exact) mass is 440 g/mol. The summed E-state index contributed by atoms with van der Waals surface area (Å²) in [6.07, 6.45) is 0. The topological polar surface area (TPSA) is 62.6 Å². The van der Waals surface area contributed by atoms with E-state index in [1.54, 1.807) is 11.8 Å². The van der Waals surface area contributed by atoms with Crippen LogP contribution < -0.4 is 10.3 Å². The second-order valence-electron chi connectivity index (χ2n) is 7.97. The van der Waals surface area contributed by atoms with Gasteiger partial charge in [0.2, 0.25) is 0 Å². The highest BCUT2D eigenvalue weighted by molar-refractivity contribution is 6.15. The van der Waals surface area contributed by atoms with Crippen molar-refractivity contribution in [3.8, 4) is 22.7 Å². The zero-order valence-electron chi connectivity index (χ0n) is 19.2. The lowest BCUT2D eigenvalue weighted by atomic mass is 9.99. The summed E-state index contributed by atoms with van der Waals surface area (Å²) in [6, 6.07) is 27.1. The van der Waals surface area contributed by atoms with E-state index in [1.165, 1.54) is 0 Å². The highest BCUT2D eigenvalue weighted by Gasteiger charge is 2.22. The third-order valence-electron chi connectivity index (χ3n) is 5.38. The SMILES string of the molecule is COc1ccc(C(=NCCN(C)C)c2c(-c3ccccc3)[nH]n(-c3ccccc3)c2=O)cc1. The van der Waals surface area contributed by atoms with Gasteiger partial charge in [-0.15, -0.1) is 0 Å². The molecule has 0 unspecified atom stereocenters. The van der Waals surface area contributed by atoms with Gasteiger partial charge < -0.3 is 9.64 Å². The first-order valence-electron chi connectivity index (χ1n) is 10.9. The van der Waals surface area contributed by atoms with E-state index in [9.17, 15) is 4.79 Å². The molecule has 4 rings (SSSR count). The molecule has 6 heteroatoms. The van der Waals surface area contributed by atoms with Crippen LogP contribution in [0.5, 0.6) is 5.75 Å². The molecule has 1 aromatic heterocycles. The largest absolute Gasteiger partial charge is 0.497 e. The fourth-order valence-corrected chi connectivity index (χ4v) is 3.65. The number of likely N-dealkylation sites (N-methyl/N-ethyl adjacent to an activating group) is 1. The molecule has 0 saturated heterocycles. The lowest BCUT2D eigenvalue weighted by Crippen LogP contribution is -2.22. The third kappa shape index (κ3) is 4.96. The van der Waals surface area contributed by atoms with Gasteiger partial charge in [-0.2, -0.15) is 0 Å². The van der Waals surface area contributed by atoms with Crippen molar-refractivity contribution >= 4 is 5.71 Å². The van der Waals surface area contributed by atoms with Crippen LogP contribution in [0.15, 0.2) is 94.7 Å². The fourth-order valence-electron chi connectivity index (χ4n) is 3.65. The highest BCUT2D eigenvalue weighted by Crippen LogP contribution is 2.24. The van der Waals surface area contributed by atoms with Gasteiger partial charge in [0.05, 0.1) is 36.3 Å². The molecule has 0 aliphatic heterocycles. The van der Waals surface area contributed by atoms with Crippen molar-refractivity contribution in [2.75, 3.05) is 34.3 Å². The zero-order valence-corrected chi connectivity index (χ0v) is 19.2. The smallest absolute Gasteiger partial charge is 0.281 e. The summed E-state index contributed by atoms with van der Waals surface area (Å²) in [5, 5.41) is 3.34. The molecule has 0 radical (unpaired) electrons. The van der Waals surface area contributed by atoms with E-state index in [0.29, 0.717) is 17.8 Å². The quantitative estimate of drug-likeness (QED) is 0.417. The molecule has 6 nitrogen and oxygen atoms in total. The van der Waals surface area contributed by atoms with Crippen molar-refractivity contribution < 1.29 is 4.74 Å². The molecule has 0 atom stereocenters.